The summed E-state index contributed by atoms with van der Waals surface area (Å²) in [4.78, 5) is 23.9. The van der Waals surface area contributed by atoms with Crippen molar-refractivity contribution < 1.29 is 18.4 Å². The number of ether oxygens (including phenoxy) is 1. The Balaban J connectivity index is 1.65. The van der Waals surface area contributed by atoms with E-state index >= 15 is 0 Å². The van der Waals surface area contributed by atoms with Crippen molar-refractivity contribution in [1.82, 2.24) is 0 Å². The number of hydrogen-bond acceptors (Lipinski definition) is 5. The van der Waals surface area contributed by atoms with Crippen LogP contribution in [0.2, 0.25) is 0 Å². The molecule has 0 N–H and O–H groups in total. The Labute approximate surface area is 154 Å². The highest BCUT2D eigenvalue weighted by molar-refractivity contribution is 5.94. The molecule has 0 radical (unpaired) electrons. The number of carbonyl (C=O) groups is 1. The van der Waals surface area contributed by atoms with Crippen LogP contribution in [0.25, 0.3) is 28.2 Å². The van der Waals surface area contributed by atoms with E-state index in [0.717, 1.165) is 16.5 Å². The SMILES string of the molecule is O=C(/C=C/c1ccco1)Oc1ccc2c(-c3ccccc3)cc(=O)oc2c1. The average Bonchev–Trinajstić information content (AvgIpc) is 3.20. The number of benzene rings is 2. The van der Waals surface area contributed by atoms with Crippen LogP contribution in [0.3, 0.4) is 0 Å². The third kappa shape index (κ3) is 3.72. The van der Waals surface area contributed by atoms with Gasteiger partial charge in [0.25, 0.3) is 0 Å². The lowest BCUT2D eigenvalue weighted by Gasteiger charge is -2.07. The molecule has 0 spiro atoms. The zero-order valence-electron chi connectivity index (χ0n) is 14.1. The number of esters is 1. The summed E-state index contributed by atoms with van der Waals surface area (Å²) in [5.41, 5.74) is 1.54. The molecule has 0 amide bonds. The lowest BCUT2D eigenvalue weighted by Crippen LogP contribution is -2.04. The second-order valence-corrected chi connectivity index (χ2v) is 5.77. The molecule has 132 valence electrons. The van der Waals surface area contributed by atoms with Crippen molar-refractivity contribution in [3.63, 3.8) is 0 Å². The van der Waals surface area contributed by atoms with Crippen molar-refractivity contribution in [1.29, 1.82) is 0 Å². The number of rotatable bonds is 4. The number of hydrogen-bond donors (Lipinski definition) is 0. The molecule has 0 aliphatic rings. The maximum atomic E-state index is 12.0. The maximum Gasteiger partial charge on any atom is 0.336 e. The van der Waals surface area contributed by atoms with E-state index in [1.165, 1.54) is 30.5 Å². The van der Waals surface area contributed by atoms with Gasteiger partial charge in [-0.1, -0.05) is 30.3 Å². The molecule has 5 nitrogen and oxygen atoms in total. The Morgan fingerprint density at radius 3 is 2.59 bits per heavy atom. The molecule has 4 rings (SSSR count). The Bertz CT molecular complexity index is 1170. The molecule has 0 unspecified atom stereocenters. The highest BCUT2D eigenvalue weighted by Crippen LogP contribution is 2.29. The summed E-state index contributed by atoms with van der Waals surface area (Å²) >= 11 is 0. The van der Waals surface area contributed by atoms with E-state index in [4.69, 9.17) is 13.6 Å². The van der Waals surface area contributed by atoms with Crippen LogP contribution in [0.4, 0.5) is 0 Å². The molecular formula is C22H14O5. The van der Waals surface area contributed by atoms with E-state index < -0.39 is 11.6 Å². The molecule has 2 heterocycles. The predicted molar refractivity (Wildman–Crippen MR) is 101 cm³/mol. The van der Waals surface area contributed by atoms with Crippen molar-refractivity contribution >= 4 is 23.0 Å². The molecule has 0 saturated carbocycles. The van der Waals surface area contributed by atoms with Gasteiger partial charge in [0.05, 0.1) is 6.26 Å². The third-order valence-electron chi connectivity index (χ3n) is 3.95. The van der Waals surface area contributed by atoms with Crippen LogP contribution in [0.1, 0.15) is 5.76 Å². The van der Waals surface area contributed by atoms with Gasteiger partial charge in [0.1, 0.15) is 17.1 Å². The smallest absolute Gasteiger partial charge is 0.336 e. The van der Waals surface area contributed by atoms with Gasteiger partial charge in [-0.05, 0) is 41.5 Å². The summed E-state index contributed by atoms with van der Waals surface area (Å²) in [5, 5.41) is 0.756. The zero-order valence-corrected chi connectivity index (χ0v) is 14.1. The summed E-state index contributed by atoms with van der Waals surface area (Å²) in [6.45, 7) is 0. The van der Waals surface area contributed by atoms with Crippen LogP contribution in [-0.2, 0) is 4.79 Å². The van der Waals surface area contributed by atoms with Crippen molar-refractivity contribution in [2.45, 2.75) is 0 Å². The van der Waals surface area contributed by atoms with Crippen LogP contribution in [0.15, 0.2) is 92.7 Å². The second-order valence-electron chi connectivity index (χ2n) is 5.77. The first-order valence-corrected chi connectivity index (χ1v) is 8.26. The van der Waals surface area contributed by atoms with E-state index in [1.54, 1.807) is 24.3 Å². The van der Waals surface area contributed by atoms with Crippen LogP contribution in [0, 0.1) is 0 Å². The third-order valence-corrected chi connectivity index (χ3v) is 3.95. The summed E-state index contributed by atoms with van der Waals surface area (Å²) < 4.78 is 15.7. The first-order chi connectivity index (χ1) is 13.2. The summed E-state index contributed by atoms with van der Waals surface area (Å²) in [7, 11) is 0. The average molecular weight is 358 g/mol. The van der Waals surface area contributed by atoms with Crippen molar-refractivity contribution in [2.75, 3.05) is 0 Å². The second kappa shape index (κ2) is 7.17. The van der Waals surface area contributed by atoms with Gasteiger partial charge in [0.15, 0.2) is 0 Å². The van der Waals surface area contributed by atoms with Crippen LogP contribution < -0.4 is 10.4 Å². The molecule has 0 aliphatic heterocycles. The molecular weight excluding hydrogens is 344 g/mol. The summed E-state index contributed by atoms with van der Waals surface area (Å²) in [5.74, 6) is 0.265. The Morgan fingerprint density at radius 2 is 1.81 bits per heavy atom. The fraction of sp³-hybridized carbons (Fsp3) is 0. The molecule has 0 saturated heterocycles. The van der Waals surface area contributed by atoms with Gasteiger partial charge in [-0.15, -0.1) is 0 Å². The Kier molecular flexibility index (Phi) is 4.41. The van der Waals surface area contributed by atoms with E-state index in [1.807, 2.05) is 30.3 Å². The van der Waals surface area contributed by atoms with Crippen molar-refractivity contribution in [3.05, 3.63) is 95.2 Å². The minimum absolute atomic E-state index is 0.282. The minimum atomic E-state index is -0.563. The molecule has 4 aromatic rings. The largest absolute Gasteiger partial charge is 0.465 e. The maximum absolute atomic E-state index is 12.0. The Hall–Kier alpha value is -3.86. The topological polar surface area (TPSA) is 69.7 Å². The van der Waals surface area contributed by atoms with Crippen molar-refractivity contribution in [2.24, 2.45) is 0 Å². The first kappa shape index (κ1) is 16.6. The number of fused-ring (bicyclic) bond motifs is 1. The molecule has 2 aromatic heterocycles. The molecule has 27 heavy (non-hydrogen) atoms. The molecule has 0 atom stereocenters. The zero-order chi connectivity index (χ0) is 18.6. The summed E-state index contributed by atoms with van der Waals surface area (Å²) in [6, 6.07) is 19.4. The van der Waals surface area contributed by atoms with Crippen LogP contribution >= 0.6 is 0 Å². The van der Waals surface area contributed by atoms with Gasteiger partial charge in [0, 0.05) is 23.6 Å². The molecule has 5 heteroatoms. The van der Waals surface area contributed by atoms with Crippen molar-refractivity contribution in [3.8, 4) is 16.9 Å². The normalized spacial score (nSPS) is 11.1. The molecule has 0 aliphatic carbocycles. The first-order valence-electron chi connectivity index (χ1n) is 8.26. The molecule has 2 aromatic carbocycles. The van der Waals surface area contributed by atoms with Gasteiger partial charge in [-0.3, -0.25) is 0 Å². The molecule has 0 fully saturated rings. The number of furan rings is 1. The van der Waals surface area contributed by atoms with E-state index in [2.05, 4.69) is 0 Å². The standard InChI is InChI=1S/C22H14O5/c23-21(11-9-16-7-4-12-25-16)26-17-8-10-18-19(15-5-2-1-3-6-15)14-22(24)27-20(18)13-17/h1-14H/b11-9+. The lowest BCUT2D eigenvalue weighted by atomic mass is 10.0. The Morgan fingerprint density at radius 1 is 0.963 bits per heavy atom. The quantitative estimate of drug-likeness (QED) is 0.229. The van der Waals surface area contributed by atoms with E-state index in [-0.39, 0.29) is 5.75 Å². The predicted octanol–water partition coefficient (Wildman–Crippen LogP) is 4.67. The van der Waals surface area contributed by atoms with Gasteiger partial charge in [0.2, 0.25) is 0 Å². The van der Waals surface area contributed by atoms with E-state index in [9.17, 15) is 9.59 Å². The highest BCUT2D eigenvalue weighted by Gasteiger charge is 2.10. The van der Waals surface area contributed by atoms with Gasteiger partial charge < -0.3 is 13.6 Å². The number of carbonyl (C=O) groups excluding carboxylic acids is 1. The van der Waals surface area contributed by atoms with Crippen LogP contribution in [0.5, 0.6) is 5.75 Å². The van der Waals surface area contributed by atoms with Gasteiger partial charge >= 0.3 is 11.6 Å². The fourth-order valence-electron chi connectivity index (χ4n) is 2.75. The van der Waals surface area contributed by atoms with E-state index in [0.29, 0.717) is 11.3 Å². The van der Waals surface area contributed by atoms with Gasteiger partial charge in [-0.2, -0.15) is 0 Å². The highest BCUT2D eigenvalue weighted by atomic mass is 16.5. The monoisotopic (exact) mass is 358 g/mol. The summed E-state index contributed by atoms with van der Waals surface area (Å²) in [6.07, 6.45) is 4.29. The lowest BCUT2D eigenvalue weighted by molar-refractivity contribution is -0.128. The minimum Gasteiger partial charge on any atom is -0.465 e. The van der Waals surface area contributed by atoms with Crippen LogP contribution in [-0.4, -0.2) is 5.97 Å². The fourth-order valence-corrected chi connectivity index (χ4v) is 2.75. The van der Waals surface area contributed by atoms with Gasteiger partial charge in [-0.25, -0.2) is 9.59 Å². The molecule has 0 bridgehead atoms.